The van der Waals surface area contributed by atoms with E-state index in [1.165, 1.54) is 11.9 Å². The van der Waals surface area contributed by atoms with Gasteiger partial charge in [-0.1, -0.05) is 6.58 Å². The molecule has 0 aliphatic carbocycles. The lowest BCUT2D eigenvalue weighted by molar-refractivity contribution is -0.177. The maximum atomic E-state index is 11.7. The van der Waals surface area contributed by atoms with Gasteiger partial charge in [0.15, 0.2) is 0 Å². The molecule has 22 heavy (non-hydrogen) atoms. The number of nitrogens with zero attached hydrogens (tertiary/aromatic N) is 2. The fourth-order valence-electron chi connectivity index (χ4n) is 1.81. The zero-order valence-electron chi connectivity index (χ0n) is 12.5. The Hall–Kier alpha value is -2.62. The van der Waals surface area contributed by atoms with Gasteiger partial charge in [-0.05, 0) is 12.3 Å². The average molecular weight is 306 g/mol. The SMILES string of the molecule is C#CC(=O)CN(C)C(=O)CCCC(=C)ON1C(=O)CCC1=O. The highest BCUT2D eigenvalue weighted by atomic mass is 16.7. The topological polar surface area (TPSA) is 84.0 Å². The van der Waals surface area contributed by atoms with E-state index in [0.717, 1.165) is 0 Å². The van der Waals surface area contributed by atoms with Crippen molar-refractivity contribution in [2.45, 2.75) is 32.1 Å². The summed E-state index contributed by atoms with van der Waals surface area (Å²) >= 11 is 0. The standard InChI is InChI=1S/C15H18N2O5/c1-4-12(18)10-16(3)13(19)7-5-6-11(2)22-17-14(20)8-9-15(17)21/h1H,2,5-10H2,3H3. The van der Waals surface area contributed by atoms with Gasteiger partial charge in [-0.15, -0.1) is 11.5 Å². The Morgan fingerprint density at radius 2 is 1.91 bits per heavy atom. The molecule has 1 aliphatic heterocycles. The smallest absolute Gasteiger partial charge is 0.263 e. The normalized spacial score (nSPS) is 13.7. The summed E-state index contributed by atoms with van der Waals surface area (Å²) in [5.41, 5.74) is 0. The molecule has 0 radical (unpaired) electrons. The quantitative estimate of drug-likeness (QED) is 0.281. The molecule has 0 spiro atoms. The minimum Gasteiger partial charge on any atom is -0.374 e. The molecular formula is C15H18N2O5. The molecule has 0 N–H and O–H groups in total. The van der Waals surface area contributed by atoms with Gasteiger partial charge in [0.25, 0.3) is 11.8 Å². The molecule has 0 aromatic heterocycles. The minimum absolute atomic E-state index is 0.121. The van der Waals surface area contributed by atoms with Gasteiger partial charge in [0.2, 0.25) is 11.7 Å². The number of likely N-dealkylation sites (N-methyl/N-ethyl adjacent to an activating group) is 1. The Bertz CT molecular complexity index is 531. The van der Waals surface area contributed by atoms with Crippen molar-refractivity contribution in [3.63, 3.8) is 0 Å². The molecule has 7 heteroatoms. The average Bonchev–Trinajstić information content (AvgIpc) is 2.78. The number of hydrogen-bond acceptors (Lipinski definition) is 5. The summed E-state index contributed by atoms with van der Waals surface area (Å²) < 4.78 is 0. The molecule has 1 fully saturated rings. The van der Waals surface area contributed by atoms with E-state index in [9.17, 15) is 19.2 Å². The lowest BCUT2D eigenvalue weighted by atomic mass is 10.2. The number of imide groups is 1. The van der Waals surface area contributed by atoms with Gasteiger partial charge >= 0.3 is 0 Å². The van der Waals surface area contributed by atoms with Crippen LogP contribution in [0.5, 0.6) is 0 Å². The highest BCUT2D eigenvalue weighted by Crippen LogP contribution is 2.17. The Labute approximate surface area is 128 Å². The van der Waals surface area contributed by atoms with Crippen LogP contribution in [0.25, 0.3) is 0 Å². The van der Waals surface area contributed by atoms with E-state index in [4.69, 9.17) is 11.3 Å². The van der Waals surface area contributed by atoms with Gasteiger partial charge in [0, 0.05) is 32.7 Å². The van der Waals surface area contributed by atoms with Crippen LogP contribution in [0.15, 0.2) is 12.3 Å². The summed E-state index contributed by atoms with van der Waals surface area (Å²) in [5.74, 6) is 0.690. The van der Waals surface area contributed by atoms with Gasteiger partial charge in [0.1, 0.15) is 5.76 Å². The molecule has 1 heterocycles. The van der Waals surface area contributed by atoms with E-state index in [2.05, 4.69) is 6.58 Å². The first kappa shape index (κ1) is 17.4. The van der Waals surface area contributed by atoms with Crippen molar-refractivity contribution in [1.29, 1.82) is 0 Å². The Kier molecular flexibility index (Phi) is 6.32. The molecule has 7 nitrogen and oxygen atoms in total. The van der Waals surface area contributed by atoms with Gasteiger partial charge in [-0.2, -0.15) is 0 Å². The summed E-state index contributed by atoms with van der Waals surface area (Å²) in [6, 6.07) is 0. The lowest BCUT2D eigenvalue weighted by Crippen LogP contribution is -2.31. The van der Waals surface area contributed by atoms with E-state index in [1.54, 1.807) is 0 Å². The Morgan fingerprint density at radius 3 is 2.45 bits per heavy atom. The minimum atomic E-state index is -0.463. The number of hydrogen-bond donors (Lipinski definition) is 0. The molecule has 1 saturated heterocycles. The number of allylic oxidation sites excluding steroid dienone is 1. The van der Waals surface area contributed by atoms with E-state index in [-0.39, 0.29) is 37.5 Å². The monoisotopic (exact) mass is 306 g/mol. The number of carbonyl (C=O) groups excluding carboxylic acids is 4. The zero-order chi connectivity index (χ0) is 16.7. The van der Waals surface area contributed by atoms with E-state index in [1.807, 2.05) is 5.92 Å². The van der Waals surface area contributed by atoms with Crippen molar-refractivity contribution in [3.8, 4) is 12.3 Å². The second-order valence-electron chi connectivity index (χ2n) is 4.88. The van der Waals surface area contributed by atoms with Crippen molar-refractivity contribution < 1.29 is 24.0 Å². The van der Waals surface area contributed by atoms with Crippen LogP contribution >= 0.6 is 0 Å². The number of hydroxylamine groups is 2. The predicted molar refractivity (Wildman–Crippen MR) is 76.6 cm³/mol. The van der Waals surface area contributed by atoms with Gasteiger partial charge in [-0.25, -0.2) is 0 Å². The molecular weight excluding hydrogens is 288 g/mol. The molecule has 1 rings (SSSR count). The summed E-state index contributed by atoms with van der Waals surface area (Å²) in [4.78, 5) is 51.8. The van der Waals surface area contributed by atoms with Crippen molar-refractivity contribution in [2.75, 3.05) is 13.6 Å². The highest BCUT2D eigenvalue weighted by molar-refractivity contribution is 6.00. The number of rotatable bonds is 8. The van der Waals surface area contributed by atoms with Crippen LogP contribution in [0.1, 0.15) is 32.1 Å². The predicted octanol–water partition coefficient (Wildman–Crippen LogP) is 0.412. The van der Waals surface area contributed by atoms with Crippen LogP contribution < -0.4 is 0 Å². The maximum Gasteiger partial charge on any atom is 0.263 e. The zero-order valence-corrected chi connectivity index (χ0v) is 12.5. The third-order valence-electron chi connectivity index (χ3n) is 3.04. The summed E-state index contributed by atoms with van der Waals surface area (Å²) in [7, 11) is 1.49. The van der Waals surface area contributed by atoms with Crippen molar-refractivity contribution >= 4 is 23.5 Å². The first-order chi connectivity index (χ1) is 10.3. The molecule has 3 amide bonds. The number of ketones is 1. The van der Waals surface area contributed by atoms with Crippen LogP contribution in [-0.2, 0) is 24.0 Å². The van der Waals surface area contributed by atoms with Crippen LogP contribution in [0.4, 0.5) is 0 Å². The third-order valence-corrected chi connectivity index (χ3v) is 3.04. The molecule has 0 atom stereocenters. The molecule has 0 bridgehead atoms. The largest absolute Gasteiger partial charge is 0.374 e. The lowest BCUT2D eigenvalue weighted by Gasteiger charge is -2.17. The maximum absolute atomic E-state index is 11.7. The first-order valence-electron chi connectivity index (χ1n) is 6.80. The summed E-state index contributed by atoms with van der Waals surface area (Å²) in [6.45, 7) is 3.50. The Morgan fingerprint density at radius 1 is 1.32 bits per heavy atom. The van der Waals surface area contributed by atoms with Crippen LogP contribution in [0, 0.1) is 12.3 Å². The fourth-order valence-corrected chi connectivity index (χ4v) is 1.81. The van der Waals surface area contributed by atoms with E-state index in [0.29, 0.717) is 17.9 Å². The number of carbonyl (C=O) groups is 4. The van der Waals surface area contributed by atoms with E-state index < -0.39 is 17.6 Å². The Balaban J connectivity index is 2.29. The van der Waals surface area contributed by atoms with Crippen molar-refractivity contribution in [3.05, 3.63) is 12.3 Å². The van der Waals surface area contributed by atoms with Gasteiger partial charge in [0.05, 0.1) is 6.54 Å². The molecule has 0 unspecified atom stereocenters. The number of terminal acetylenes is 1. The molecule has 0 aromatic rings. The van der Waals surface area contributed by atoms with Gasteiger partial charge in [-0.3, -0.25) is 19.2 Å². The van der Waals surface area contributed by atoms with Gasteiger partial charge < -0.3 is 9.74 Å². The number of amides is 3. The van der Waals surface area contributed by atoms with E-state index >= 15 is 0 Å². The first-order valence-corrected chi connectivity index (χ1v) is 6.80. The molecule has 0 aromatic carbocycles. The second-order valence-corrected chi connectivity index (χ2v) is 4.88. The van der Waals surface area contributed by atoms with Crippen molar-refractivity contribution in [2.24, 2.45) is 0 Å². The highest BCUT2D eigenvalue weighted by Gasteiger charge is 2.31. The molecule has 0 saturated carbocycles. The second kappa shape index (κ2) is 7.98. The fraction of sp³-hybridized carbons (Fsp3) is 0.467. The third kappa shape index (κ3) is 5.05. The van der Waals surface area contributed by atoms with Crippen molar-refractivity contribution in [1.82, 2.24) is 9.96 Å². The molecule has 118 valence electrons. The number of Topliss-reactive ketones (excluding diaryl/α,β-unsaturated/α-hetero) is 1. The van der Waals surface area contributed by atoms with Crippen LogP contribution in [-0.4, -0.2) is 47.1 Å². The molecule has 1 aliphatic rings. The van der Waals surface area contributed by atoms with Crippen LogP contribution in [0.3, 0.4) is 0 Å². The summed E-state index contributed by atoms with van der Waals surface area (Å²) in [5, 5.41) is 0.710. The van der Waals surface area contributed by atoms with Crippen LogP contribution in [0.2, 0.25) is 0 Å². The summed E-state index contributed by atoms with van der Waals surface area (Å²) in [6.07, 6.45) is 6.13.